The second kappa shape index (κ2) is 7.83. The number of halogens is 1. The molecule has 4 heteroatoms. The summed E-state index contributed by atoms with van der Waals surface area (Å²) in [4.78, 5) is 13.3. The Bertz CT molecular complexity index is 1100. The third kappa shape index (κ3) is 3.37. The zero-order chi connectivity index (χ0) is 19.5. The van der Waals surface area contributed by atoms with Gasteiger partial charge in [-0.1, -0.05) is 60.1 Å². The molecule has 4 aromatic rings. The van der Waals surface area contributed by atoms with Crippen LogP contribution < -0.4 is 4.74 Å². The van der Waals surface area contributed by atoms with Crippen LogP contribution in [0.1, 0.15) is 23.0 Å². The first-order valence-electron chi connectivity index (χ1n) is 9.17. The van der Waals surface area contributed by atoms with Crippen molar-refractivity contribution in [2.45, 2.75) is 13.5 Å². The molecule has 138 valence electrons. The van der Waals surface area contributed by atoms with E-state index in [0.717, 1.165) is 22.4 Å². The number of nitrogens with zero attached hydrogens (tertiary/aromatic N) is 1. The van der Waals surface area contributed by atoms with E-state index in [9.17, 15) is 4.79 Å². The van der Waals surface area contributed by atoms with Gasteiger partial charge in [-0.2, -0.15) is 0 Å². The fraction of sp³-hybridized carbons (Fsp3) is 0.0833. The summed E-state index contributed by atoms with van der Waals surface area (Å²) in [7, 11) is 0. The molecule has 4 rings (SSSR count). The molecule has 0 N–H and O–H groups in total. The maximum Gasteiger partial charge on any atom is 0.270 e. The Morgan fingerprint density at radius 1 is 0.857 bits per heavy atom. The number of aryl methyl sites for hydroxylation is 1. The van der Waals surface area contributed by atoms with Gasteiger partial charge in [0.25, 0.3) is 11.5 Å². The number of hydrogen-bond donors (Lipinski definition) is 0. The molecule has 0 atom stereocenters. The Morgan fingerprint density at radius 2 is 1.43 bits per heavy atom. The summed E-state index contributed by atoms with van der Waals surface area (Å²) < 4.78 is 7.86. The van der Waals surface area contributed by atoms with Crippen molar-refractivity contribution < 1.29 is 14.1 Å². The van der Waals surface area contributed by atoms with Crippen molar-refractivity contribution in [1.29, 1.82) is 0 Å². The van der Waals surface area contributed by atoms with Crippen molar-refractivity contribution in [2.24, 2.45) is 0 Å². The van der Waals surface area contributed by atoms with E-state index in [1.807, 2.05) is 67.6 Å². The lowest BCUT2D eigenvalue weighted by atomic mass is 9.96. The van der Waals surface area contributed by atoms with Crippen molar-refractivity contribution in [2.75, 3.05) is 0 Å². The summed E-state index contributed by atoms with van der Waals surface area (Å²) in [5.74, 6) is 0.161. The maximum atomic E-state index is 13.3. The lowest BCUT2D eigenvalue weighted by molar-refractivity contribution is -0.852. The van der Waals surface area contributed by atoms with Crippen LogP contribution in [-0.2, 0) is 6.54 Å². The van der Waals surface area contributed by atoms with Gasteiger partial charge < -0.3 is 0 Å². The fourth-order valence-corrected chi connectivity index (χ4v) is 3.43. The topological polar surface area (TPSA) is 34.1 Å². The summed E-state index contributed by atoms with van der Waals surface area (Å²) in [6, 6.07) is 26.7. The summed E-state index contributed by atoms with van der Waals surface area (Å²) in [5, 5.41) is 0.591. The standard InChI is InChI=1S/C24H19ClNO2/c1-2-26-22(18-11-7-4-8-12-18)21(17-9-5-3-6-10-17)24(28-26)23(27)19-13-15-20(25)16-14-19/h3-16H,2H2,1H3/q+1. The van der Waals surface area contributed by atoms with Crippen molar-refractivity contribution in [3.05, 3.63) is 101 Å². The normalized spacial score (nSPS) is 10.8. The van der Waals surface area contributed by atoms with E-state index in [2.05, 4.69) is 0 Å². The zero-order valence-corrected chi connectivity index (χ0v) is 16.2. The van der Waals surface area contributed by atoms with E-state index in [1.54, 1.807) is 29.0 Å². The second-order valence-electron chi connectivity index (χ2n) is 6.41. The molecule has 0 aliphatic rings. The Morgan fingerprint density at radius 3 is 2.00 bits per heavy atom. The van der Waals surface area contributed by atoms with Crippen molar-refractivity contribution in [1.82, 2.24) is 0 Å². The number of ketones is 1. The van der Waals surface area contributed by atoms with Gasteiger partial charge in [0.15, 0.2) is 6.54 Å². The predicted octanol–water partition coefficient (Wildman–Crippen LogP) is 5.81. The lowest BCUT2D eigenvalue weighted by Crippen LogP contribution is -2.32. The summed E-state index contributed by atoms with van der Waals surface area (Å²) in [6.07, 6.45) is 0. The zero-order valence-electron chi connectivity index (χ0n) is 15.4. The molecule has 0 spiro atoms. The molecule has 0 fully saturated rings. The number of benzene rings is 3. The quantitative estimate of drug-likeness (QED) is 0.319. The fourth-order valence-electron chi connectivity index (χ4n) is 3.30. The molecule has 0 amide bonds. The van der Waals surface area contributed by atoms with Gasteiger partial charge in [-0.25, -0.2) is 4.52 Å². The molecule has 1 aromatic heterocycles. The number of hydrogen-bond acceptors (Lipinski definition) is 2. The van der Waals surface area contributed by atoms with Crippen LogP contribution in [0.3, 0.4) is 0 Å². The second-order valence-corrected chi connectivity index (χ2v) is 6.84. The molecular formula is C24H19ClNO2+. The largest absolute Gasteiger partial charge is 0.285 e. The van der Waals surface area contributed by atoms with Crippen molar-refractivity contribution in [3.63, 3.8) is 0 Å². The van der Waals surface area contributed by atoms with Gasteiger partial charge in [0.2, 0.25) is 5.78 Å². The Hall–Kier alpha value is -3.17. The maximum absolute atomic E-state index is 13.3. The highest BCUT2D eigenvalue weighted by Gasteiger charge is 2.33. The van der Waals surface area contributed by atoms with Crippen LogP contribution in [0, 0.1) is 0 Å². The molecule has 3 nitrogen and oxygen atoms in total. The highest BCUT2D eigenvalue weighted by Crippen LogP contribution is 2.34. The van der Waals surface area contributed by atoms with Gasteiger partial charge in [-0.05, 0) is 53.6 Å². The van der Waals surface area contributed by atoms with Gasteiger partial charge in [0.05, 0.1) is 5.56 Å². The lowest BCUT2D eigenvalue weighted by Gasteiger charge is -2.02. The minimum atomic E-state index is -0.167. The highest BCUT2D eigenvalue weighted by atomic mass is 35.5. The van der Waals surface area contributed by atoms with Gasteiger partial charge in [0.1, 0.15) is 5.56 Å². The van der Waals surface area contributed by atoms with E-state index < -0.39 is 0 Å². The van der Waals surface area contributed by atoms with Crippen LogP contribution in [0.2, 0.25) is 5.02 Å². The summed E-state index contributed by atoms with van der Waals surface area (Å²) in [6.45, 7) is 2.61. The molecule has 0 bridgehead atoms. The van der Waals surface area contributed by atoms with E-state index >= 15 is 0 Å². The molecule has 0 radical (unpaired) electrons. The van der Waals surface area contributed by atoms with Crippen LogP contribution in [-0.4, -0.2) is 5.78 Å². The Labute approximate surface area is 168 Å². The molecule has 1 heterocycles. The van der Waals surface area contributed by atoms with Crippen molar-refractivity contribution in [3.8, 4) is 22.4 Å². The smallest absolute Gasteiger partial charge is 0.270 e. The highest BCUT2D eigenvalue weighted by molar-refractivity contribution is 6.30. The summed E-state index contributed by atoms with van der Waals surface area (Å²) in [5.41, 5.74) is 4.18. The summed E-state index contributed by atoms with van der Waals surface area (Å²) >= 11 is 5.98. The molecule has 3 aromatic carbocycles. The molecule has 0 aliphatic carbocycles. The minimum Gasteiger partial charge on any atom is -0.285 e. The minimum absolute atomic E-state index is 0.167. The van der Waals surface area contributed by atoms with Crippen LogP contribution in [0.25, 0.3) is 22.4 Å². The average molecular weight is 389 g/mol. The van der Waals surface area contributed by atoms with Crippen LogP contribution in [0.15, 0.2) is 89.5 Å². The first-order chi connectivity index (χ1) is 13.7. The van der Waals surface area contributed by atoms with Crippen LogP contribution >= 0.6 is 11.6 Å². The molecule has 0 saturated carbocycles. The van der Waals surface area contributed by atoms with Gasteiger partial charge in [-0.15, -0.1) is 0 Å². The number of aromatic nitrogens is 1. The first kappa shape index (κ1) is 18.2. The number of rotatable bonds is 5. The molecule has 0 unspecified atom stereocenters. The Kier molecular flexibility index (Phi) is 5.09. The van der Waals surface area contributed by atoms with E-state index in [1.165, 1.54) is 0 Å². The van der Waals surface area contributed by atoms with E-state index in [4.69, 9.17) is 16.1 Å². The third-order valence-corrected chi connectivity index (χ3v) is 4.88. The molecule has 28 heavy (non-hydrogen) atoms. The number of carbonyl (C=O) groups is 1. The monoisotopic (exact) mass is 388 g/mol. The molecule has 0 saturated heterocycles. The molecule has 0 aliphatic heterocycles. The van der Waals surface area contributed by atoms with E-state index in [0.29, 0.717) is 22.9 Å². The van der Waals surface area contributed by atoms with Gasteiger partial charge in [0, 0.05) is 10.6 Å². The van der Waals surface area contributed by atoms with Gasteiger partial charge in [-0.3, -0.25) is 4.79 Å². The molecular weight excluding hydrogens is 370 g/mol. The Balaban J connectivity index is 1.97. The van der Waals surface area contributed by atoms with Crippen LogP contribution in [0.5, 0.6) is 0 Å². The third-order valence-electron chi connectivity index (χ3n) is 4.62. The predicted molar refractivity (Wildman–Crippen MR) is 110 cm³/mol. The van der Waals surface area contributed by atoms with Crippen molar-refractivity contribution >= 4 is 17.4 Å². The first-order valence-corrected chi connectivity index (χ1v) is 9.55. The van der Waals surface area contributed by atoms with Gasteiger partial charge >= 0.3 is 0 Å². The van der Waals surface area contributed by atoms with E-state index in [-0.39, 0.29) is 5.78 Å². The SMILES string of the molecule is CC[n+]1oc(C(=O)c2ccc(Cl)cc2)c(-c2ccccc2)c1-c1ccccc1. The number of carbonyl (C=O) groups excluding carboxylic acids is 1. The average Bonchev–Trinajstić information content (AvgIpc) is 3.15. The van der Waals surface area contributed by atoms with Crippen LogP contribution in [0.4, 0.5) is 0 Å².